The van der Waals surface area contributed by atoms with Gasteiger partial charge in [-0.05, 0) is 5.56 Å². The lowest BCUT2D eigenvalue weighted by Crippen LogP contribution is -2.21. The van der Waals surface area contributed by atoms with Gasteiger partial charge < -0.3 is 14.0 Å². The first kappa shape index (κ1) is 19.0. The predicted octanol–water partition coefficient (Wildman–Crippen LogP) is 2.75. The standard InChI is InChI=1S/C21H21NO4/c1-25-20(23)15-19(21(24)26-2)22(16-18-11-7-4-8-12-18)14-13-17-9-5-3-6-10-17/h3-12,14-16H,13H2,1-2H3/b19-15+. The summed E-state index contributed by atoms with van der Waals surface area (Å²) in [6, 6.07) is 19.3. The lowest BCUT2D eigenvalue weighted by Gasteiger charge is -2.14. The molecule has 0 saturated heterocycles. The second-order valence-corrected chi connectivity index (χ2v) is 5.36. The molecule has 0 fully saturated rings. The third kappa shape index (κ3) is 5.63. The molecule has 2 aromatic rings. The SMILES string of the molecule is COC(=O)/C=C(\C(=O)OC)[N+](=Cc1ccccc1)[CH-]Cc1ccccc1. The first-order valence-electron chi connectivity index (χ1n) is 8.07. The molecule has 0 radical (unpaired) electrons. The van der Waals surface area contributed by atoms with Crippen LogP contribution in [0.3, 0.4) is 0 Å². The Morgan fingerprint density at radius 3 is 2.15 bits per heavy atom. The number of carbonyl (C=O) groups is 2. The summed E-state index contributed by atoms with van der Waals surface area (Å²) in [5.74, 6) is -1.27. The van der Waals surface area contributed by atoms with E-state index < -0.39 is 11.9 Å². The van der Waals surface area contributed by atoms with Crippen molar-refractivity contribution in [1.82, 2.24) is 0 Å². The first-order chi connectivity index (χ1) is 12.6. The van der Waals surface area contributed by atoms with Crippen molar-refractivity contribution in [3.63, 3.8) is 0 Å². The minimum Gasteiger partial charge on any atom is -0.470 e. The molecular weight excluding hydrogens is 330 g/mol. The molecule has 0 heterocycles. The maximum Gasteiger partial charge on any atom is 0.345 e. The molecule has 2 aromatic carbocycles. The number of benzene rings is 2. The van der Waals surface area contributed by atoms with Crippen LogP contribution in [-0.4, -0.2) is 36.9 Å². The predicted molar refractivity (Wildman–Crippen MR) is 98.4 cm³/mol. The Bertz CT molecular complexity index is 795. The van der Waals surface area contributed by atoms with Crippen LogP contribution in [0.4, 0.5) is 0 Å². The lowest BCUT2D eigenvalue weighted by atomic mass is 10.1. The second kappa shape index (κ2) is 9.84. The van der Waals surface area contributed by atoms with E-state index in [1.807, 2.05) is 67.2 Å². The smallest absolute Gasteiger partial charge is 0.345 e. The van der Waals surface area contributed by atoms with Crippen LogP contribution < -0.4 is 0 Å². The number of ether oxygens (including phenoxy) is 2. The molecule has 5 nitrogen and oxygen atoms in total. The zero-order valence-corrected chi connectivity index (χ0v) is 14.8. The minimum absolute atomic E-state index is 0.0686. The molecule has 2 rings (SSSR count). The Kier molecular flexibility index (Phi) is 7.18. The molecule has 0 saturated carbocycles. The zero-order valence-electron chi connectivity index (χ0n) is 14.8. The molecule has 0 bridgehead atoms. The quantitative estimate of drug-likeness (QED) is 0.253. The molecule has 0 aliphatic heterocycles. The fourth-order valence-electron chi connectivity index (χ4n) is 2.25. The third-order valence-corrected chi connectivity index (χ3v) is 3.58. The van der Waals surface area contributed by atoms with E-state index >= 15 is 0 Å². The molecular formula is C21H21NO4. The van der Waals surface area contributed by atoms with Crippen LogP contribution >= 0.6 is 0 Å². The van der Waals surface area contributed by atoms with E-state index in [0.29, 0.717) is 6.42 Å². The van der Waals surface area contributed by atoms with Crippen molar-refractivity contribution in [2.24, 2.45) is 0 Å². The Morgan fingerprint density at radius 2 is 1.58 bits per heavy atom. The number of rotatable bonds is 7. The van der Waals surface area contributed by atoms with E-state index in [2.05, 4.69) is 4.74 Å². The Labute approximate surface area is 153 Å². The summed E-state index contributed by atoms with van der Waals surface area (Å²) in [5, 5.41) is 0. The third-order valence-electron chi connectivity index (χ3n) is 3.58. The normalized spacial score (nSPS) is 11.6. The monoisotopic (exact) mass is 351 g/mol. The Morgan fingerprint density at radius 1 is 0.962 bits per heavy atom. The summed E-state index contributed by atoms with van der Waals surface area (Å²) >= 11 is 0. The van der Waals surface area contributed by atoms with Crippen LogP contribution in [-0.2, 0) is 25.5 Å². The fourth-order valence-corrected chi connectivity index (χ4v) is 2.25. The van der Waals surface area contributed by atoms with Gasteiger partial charge in [-0.25, -0.2) is 4.79 Å². The van der Waals surface area contributed by atoms with Crippen LogP contribution in [0.25, 0.3) is 0 Å². The van der Waals surface area contributed by atoms with Gasteiger partial charge in [0.25, 0.3) is 0 Å². The first-order valence-corrected chi connectivity index (χ1v) is 8.07. The van der Waals surface area contributed by atoms with E-state index in [0.717, 1.165) is 17.2 Å². The van der Waals surface area contributed by atoms with E-state index in [1.165, 1.54) is 14.2 Å². The van der Waals surface area contributed by atoms with E-state index in [-0.39, 0.29) is 5.70 Å². The van der Waals surface area contributed by atoms with E-state index in [9.17, 15) is 9.59 Å². The lowest BCUT2D eigenvalue weighted by molar-refractivity contribution is -0.425. The summed E-state index contributed by atoms with van der Waals surface area (Å²) in [7, 11) is 2.53. The molecule has 26 heavy (non-hydrogen) atoms. The van der Waals surface area contributed by atoms with Gasteiger partial charge in [-0.1, -0.05) is 66.2 Å². The summed E-state index contributed by atoms with van der Waals surface area (Å²) < 4.78 is 11.1. The number of hydrogen-bond donors (Lipinski definition) is 0. The Balaban J connectivity index is 2.39. The highest BCUT2D eigenvalue weighted by Gasteiger charge is 2.17. The van der Waals surface area contributed by atoms with Gasteiger partial charge in [-0.15, -0.1) is 0 Å². The highest BCUT2D eigenvalue weighted by Crippen LogP contribution is 2.09. The van der Waals surface area contributed by atoms with Gasteiger partial charge in [-0.2, -0.15) is 0 Å². The molecule has 0 aliphatic rings. The highest BCUT2D eigenvalue weighted by atomic mass is 16.5. The van der Waals surface area contributed by atoms with Gasteiger partial charge in [0.05, 0.1) is 27.0 Å². The molecule has 0 amide bonds. The van der Waals surface area contributed by atoms with Crippen molar-refractivity contribution in [3.8, 4) is 0 Å². The maximum absolute atomic E-state index is 12.2. The summed E-state index contributed by atoms with van der Waals surface area (Å²) in [4.78, 5) is 23.9. The fraction of sp³-hybridized carbons (Fsp3) is 0.143. The molecule has 0 unspecified atom stereocenters. The zero-order chi connectivity index (χ0) is 18.8. The summed E-state index contributed by atoms with van der Waals surface area (Å²) in [5.41, 5.74) is 2.01. The van der Waals surface area contributed by atoms with E-state index in [4.69, 9.17) is 4.74 Å². The van der Waals surface area contributed by atoms with Gasteiger partial charge >= 0.3 is 11.9 Å². The maximum atomic E-state index is 12.2. The molecule has 134 valence electrons. The van der Waals surface area contributed by atoms with Crippen LogP contribution in [0, 0.1) is 6.54 Å². The molecule has 0 spiro atoms. The number of carbonyl (C=O) groups excluding carboxylic acids is 2. The van der Waals surface area contributed by atoms with Crippen molar-refractivity contribution in [2.45, 2.75) is 6.42 Å². The highest BCUT2D eigenvalue weighted by molar-refractivity contribution is 5.95. The molecule has 5 heteroatoms. The van der Waals surface area contributed by atoms with Gasteiger partial charge in [0.15, 0.2) is 5.70 Å². The summed E-state index contributed by atoms with van der Waals surface area (Å²) in [6.07, 6.45) is 3.45. The van der Waals surface area contributed by atoms with Gasteiger partial charge in [0, 0.05) is 12.5 Å². The van der Waals surface area contributed by atoms with Crippen LogP contribution in [0.1, 0.15) is 11.1 Å². The van der Waals surface area contributed by atoms with E-state index in [1.54, 1.807) is 10.8 Å². The average Bonchev–Trinajstić information content (AvgIpc) is 2.70. The largest absolute Gasteiger partial charge is 0.470 e. The second-order valence-electron chi connectivity index (χ2n) is 5.36. The van der Waals surface area contributed by atoms with Crippen molar-refractivity contribution < 1.29 is 23.6 Å². The topological polar surface area (TPSA) is 55.6 Å². The number of nitrogens with zero attached hydrogens (tertiary/aromatic N) is 1. The number of hydrogen-bond acceptors (Lipinski definition) is 4. The van der Waals surface area contributed by atoms with Gasteiger partial charge in [-0.3, -0.25) is 4.79 Å². The molecule has 0 aliphatic carbocycles. The average molecular weight is 351 g/mol. The number of esters is 2. The minimum atomic E-state index is -0.634. The Hall–Kier alpha value is -3.34. The van der Waals surface area contributed by atoms with Gasteiger partial charge in [0.1, 0.15) is 0 Å². The molecule has 0 atom stereocenters. The van der Waals surface area contributed by atoms with Crippen LogP contribution in [0.15, 0.2) is 72.4 Å². The van der Waals surface area contributed by atoms with Crippen LogP contribution in [0.5, 0.6) is 0 Å². The summed E-state index contributed by atoms with van der Waals surface area (Å²) in [6.45, 7) is 1.81. The van der Waals surface area contributed by atoms with Crippen LogP contribution in [0.2, 0.25) is 0 Å². The van der Waals surface area contributed by atoms with Crippen molar-refractivity contribution >= 4 is 18.2 Å². The van der Waals surface area contributed by atoms with Crippen molar-refractivity contribution in [2.75, 3.05) is 14.2 Å². The molecule has 0 N–H and O–H groups in total. The van der Waals surface area contributed by atoms with Crippen molar-refractivity contribution in [1.29, 1.82) is 0 Å². The number of methoxy groups -OCH3 is 2. The van der Waals surface area contributed by atoms with Crippen molar-refractivity contribution in [3.05, 3.63) is 90.1 Å². The van der Waals surface area contributed by atoms with Gasteiger partial charge in [0.2, 0.25) is 0 Å². The molecule has 0 aromatic heterocycles.